The predicted molar refractivity (Wildman–Crippen MR) is 79.2 cm³/mol. The van der Waals surface area contributed by atoms with Crippen LogP contribution in [0.25, 0.3) is 6.08 Å². The van der Waals surface area contributed by atoms with Crippen molar-refractivity contribution < 1.29 is 9.53 Å². The quantitative estimate of drug-likeness (QED) is 0.762. The number of carbonyl (C=O) groups excluding carboxylic acids is 1. The fraction of sp³-hybridized carbons (Fsp3) is 0.438. The van der Waals surface area contributed by atoms with Gasteiger partial charge in [-0.25, -0.2) is 0 Å². The van der Waals surface area contributed by atoms with Crippen LogP contribution in [0, 0.1) is 12.8 Å². The molecular formula is C16H23NO2. The summed E-state index contributed by atoms with van der Waals surface area (Å²) in [5, 5.41) is 0. The summed E-state index contributed by atoms with van der Waals surface area (Å²) in [6.07, 6.45) is 3.41. The minimum atomic E-state index is 0.0114. The van der Waals surface area contributed by atoms with Crippen LogP contribution in [0.5, 0.6) is 5.75 Å². The van der Waals surface area contributed by atoms with Gasteiger partial charge in [0.1, 0.15) is 5.75 Å². The monoisotopic (exact) mass is 261 g/mol. The van der Waals surface area contributed by atoms with E-state index in [9.17, 15) is 4.79 Å². The van der Waals surface area contributed by atoms with E-state index >= 15 is 0 Å². The Balaban J connectivity index is 2.81. The molecule has 1 rings (SSSR count). The molecule has 0 heterocycles. The zero-order valence-corrected chi connectivity index (χ0v) is 12.4. The first-order chi connectivity index (χ1) is 8.93. The largest absolute Gasteiger partial charge is 0.496 e. The molecule has 0 aromatic heterocycles. The van der Waals surface area contributed by atoms with Crippen molar-refractivity contribution in [3.05, 3.63) is 35.4 Å². The SMILES string of the molecule is COc1ccc(C)cc1/C=C/C(=O)N(C)CC(C)C. The summed E-state index contributed by atoms with van der Waals surface area (Å²) >= 11 is 0. The summed E-state index contributed by atoms with van der Waals surface area (Å²) in [7, 11) is 3.45. The van der Waals surface area contributed by atoms with Gasteiger partial charge in [-0.2, -0.15) is 0 Å². The van der Waals surface area contributed by atoms with Gasteiger partial charge in [0.2, 0.25) is 5.91 Å². The average molecular weight is 261 g/mol. The predicted octanol–water partition coefficient (Wildman–Crippen LogP) is 3.13. The Labute approximate surface area is 115 Å². The molecule has 0 fully saturated rings. The molecule has 0 aliphatic carbocycles. The molecular weight excluding hydrogens is 238 g/mol. The van der Waals surface area contributed by atoms with E-state index in [-0.39, 0.29) is 5.91 Å². The van der Waals surface area contributed by atoms with Gasteiger partial charge >= 0.3 is 0 Å². The molecule has 1 amide bonds. The third-order valence-corrected chi connectivity index (χ3v) is 2.81. The standard InChI is InChI=1S/C16H23NO2/c1-12(2)11-17(4)16(18)9-7-14-10-13(3)6-8-15(14)19-5/h6-10,12H,11H2,1-5H3/b9-7+. The van der Waals surface area contributed by atoms with E-state index in [1.807, 2.05) is 38.2 Å². The average Bonchev–Trinajstić information content (AvgIpc) is 2.35. The Hall–Kier alpha value is -1.77. The van der Waals surface area contributed by atoms with Crippen LogP contribution in [-0.4, -0.2) is 31.5 Å². The van der Waals surface area contributed by atoms with Gasteiger partial charge in [-0.3, -0.25) is 4.79 Å². The maximum absolute atomic E-state index is 11.9. The van der Waals surface area contributed by atoms with E-state index in [1.54, 1.807) is 18.1 Å². The summed E-state index contributed by atoms with van der Waals surface area (Å²) in [5.74, 6) is 1.26. The van der Waals surface area contributed by atoms with E-state index in [1.165, 1.54) is 0 Å². The number of nitrogens with zero attached hydrogens (tertiary/aromatic N) is 1. The van der Waals surface area contributed by atoms with E-state index < -0.39 is 0 Å². The molecule has 0 saturated heterocycles. The van der Waals surface area contributed by atoms with Crippen molar-refractivity contribution in [1.82, 2.24) is 4.90 Å². The molecule has 1 aromatic carbocycles. The van der Waals surface area contributed by atoms with Crippen LogP contribution in [0.1, 0.15) is 25.0 Å². The topological polar surface area (TPSA) is 29.5 Å². The van der Waals surface area contributed by atoms with E-state index in [0.717, 1.165) is 23.4 Å². The normalized spacial score (nSPS) is 11.1. The number of benzene rings is 1. The molecule has 3 heteroatoms. The van der Waals surface area contributed by atoms with Crippen molar-refractivity contribution in [3.63, 3.8) is 0 Å². The second-order valence-corrected chi connectivity index (χ2v) is 5.19. The molecule has 0 radical (unpaired) electrons. The number of carbonyl (C=O) groups is 1. The number of hydrogen-bond donors (Lipinski definition) is 0. The number of aryl methyl sites for hydroxylation is 1. The van der Waals surface area contributed by atoms with Gasteiger partial charge in [0.25, 0.3) is 0 Å². The Morgan fingerprint density at radius 2 is 2.11 bits per heavy atom. The van der Waals surface area contributed by atoms with Gasteiger partial charge in [-0.1, -0.05) is 25.5 Å². The van der Waals surface area contributed by atoms with Gasteiger partial charge < -0.3 is 9.64 Å². The van der Waals surface area contributed by atoms with Gasteiger partial charge in [0, 0.05) is 25.2 Å². The Morgan fingerprint density at radius 3 is 2.68 bits per heavy atom. The number of likely N-dealkylation sites (N-methyl/N-ethyl adjacent to an activating group) is 1. The van der Waals surface area contributed by atoms with Crippen LogP contribution in [0.15, 0.2) is 24.3 Å². The first kappa shape index (κ1) is 15.3. The first-order valence-electron chi connectivity index (χ1n) is 6.52. The molecule has 0 bridgehead atoms. The van der Waals surface area contributed by atoms with Crippen LogP contribution in [0.2, 0.25) is 0 Å². The molecule has 19 heavy (non-hydrogen) atoms. The van der Waals surface area contributed by atoms with Crippen molar-refractivity contribution in [3.8, 4) is 5.75 Å². The Bertz CT molecular complexity index is 464. The lowest BCUT2D eigenvalue weighted by molar-refractivity contribution is -0.125. The van der Waals surface area contributed by atoms with Crippen molar-refractivity contribution >= 4 is 12.0 Å². The Kier molecular flexibility index (Phi) is 5.61. The molecule has 0 unspecified atom stereocenters. The Morgan fingerprint density at radius 1 is 1.42 bits per heavy atom. The van der Waals surface area contributed by atoms with E-state index in [2.05, 4.69) is 13.8 Å². The minimum absolute atomic E-state index is 0.0114. The molecule has 3 nitrogen and oxygen atoms in total. The second kappa shape index (κ2) is 6.98. The number of ether oxygens (including phenoxy) is 1. The first-order valence-corrected chi connectivity index (χ1v) is 6.52. The van der Waals surface area contributed by atoms with E-state index in [0.29, 0.717) is 5.92 Å². The lowest BCUT2D eigenvalue weighted by Crippen LogP contribution is -2.28. The molecule has 0 aliphatic heterocycles. The van der Waals surface area contributed by atoms with Crippen LogP contribution >= 0.6 is 0 Å². The van der Waals surface area contributed by atoms with Crippen LogP contribution in [-0.2, 0) is 4.79 Å². The van der Waals surface area contributed by atoms with Crippen molar-refractivity contribution in [2.45, 2.75) is 20.8 Å². The summed E-state index contributed by atoms with van der Waals surface area (Å²) in [4.78, 5) is 13.7. The third-order valence-electron chi connectivity index (χ3n) is 2.81. The van der Waals surface area contributed by atoms with E-state index in [4.69, 9.17) is 4.74 Å². The van der Waals surface area contributed by atoms with Crippen LogP contribution in [0.3, 0.4) is 0 Å². The van der Waals surface area contributed by atoms with Crippen molar-refractivity contribution in [2.75, 3.05) is 20.7 Å². The number of hydrogen-bond acceptors (Lipinski definition) is 2. The molecule has 104 valence electrons. The van der Waals surface area contributed by atoms with Crippen molar-refractivity contribution in [1.29, 1.82) is 0 Å². The highest BCUT2D eigenvalue weighted by Gasteiger charge is 2.07. The zero-order chi connectivity index (χ0) is 14.4. The van der Waals surface area contributed by atoms with Crippen LogP contribution in [0.4, 0.5) is 0 Å². The highest BCUT2D eigenvalue weighted by atomic mass is 16.5. The summed E-state index contributed by atoms with van der Waals surface area (Å²) in [6.45, 7) is 6.96. The number of amides is 1. The fourth-order valence-corrected chi connectivity index (χ4v) is 1.91. The highest BCUT2D eigenvalue weighted by Crippen LogP contribution is 2.21. The summed E-state index contributed by atoms with van der Waals surface area (Å²) < 4.78 is 5.28. The smallest absolute Gasteiger partial charge is 0.246 e. The van der Waals surface area contributed by atoms with Gasteiger partial charge in [-0.05, 0) is 31.1 Å². The maximum Gasteiger partial charge on any atom is 0.246 e. The maximum atomic E-state index is 11.9. The van der Waals surface area contributed by atoms with Crippen molar-refractivity contribution in [2.24, 2.45) is 5.92 Å². The molecule has 0 aliphatic rings. The lowest BCUT2D eigenvalue weighted by atomic mass is 10.1. The van der Waals surface area contributed by atoms with Gasteiger partial charge in [0.05, 0.1) is 7.11 Å². The molecule has 0 N–H and O–H groups in total. The van der Waals surface area contributed by atoms with Gasteiger partial charge in [0.15, 0.2) is 0 Å². The lowest BCUT2D eigenvalue weighted by Gasteiger charge is -2.17. The fourth-order valence-electron chi connectivity index (χ4n) is 1.91. The number of rotatable bonds is 5. The number of methoxy groups -OCH3 is 1. The zero-order valence-electron chi connectivity index (χ0n) is 12.4. The molecule has 0 atom stereocenters. The molecule has 0 spiro atoms. The summed E-state index contributed by atoms with van der Waals surface area (Å²) in [6, 6.07) is 5.91. The van der Waals surface area contributed by atoms with Crippen LogP contribution < -0.4 is 4.74 Å². The minimum Gasteiger partial charge on any atom is -0.496 e. The second-order valence-electron chi connectivity index (χ2n) is 5.19. The summed E-state index contributed by atoms with van der Waals surface area (Å²) in [5.41, 5.74) is 2.07. The third kappa shape index (κ3) is 4.78. The molecule has 1 aromatic rings. The highest BCUT2D eigenvalue weighted by molar-refractivity contribution is 5.92. The molecule has 0 saturated carbocycles. The van der Waals surface area contributed by atoms with Gasteiger partial charge in [-0.15, -0.1) is 0 Å².